The van der Waals surface area contributed by atoms with E-state index in [1.54, 1.807) is 13.0 Å². The van der Waals surface area contributed by atoms with Gasteiger partial charge in [0.1, 0.15) is 11.9 Å². The fourth-order valence-corrected chi connectivity index (χ4v) is 1.50. The minimum absolute atomic E-state index is 0.0903. The fourth-order valence-electron chi connectivity index (χ4n) is 1.50. The Balaban J connectivity index is 2.27. The summed E-state index contributed by atoms with van der Waals surface area (Å²) in [4.78, 5) is 24.6. The van der Waals surface area contributed by atoms with E-state index in [0.717, 1.165) is 11.8 Å². The Morgan fingerprint density at radius 1 is 1.35 bits per heavy atom. The van der Waals surface area contributed by atoms with E-state index in [2.05, 4.69) is 4.98 Å². The van der Waals surface area contributed by atoms with Crippen molar-refractivity contribution in [1.82, 2.24) is 4.98 Å². The van der Waals surface area contributed by atoms with Crippen molar-refractivity contribution in [1.29, 1.82) is 0 Å². The standard InChI is InChI=1S/C13H10N2O5/c1-8-2-3-9(13(16)17)6-11(8)20-12-5-4-10(7-14-12)15(18)19/h2-7H,1H3,(H,16,17). The normalized spacial score (nSPS) is 10.1. The highest BCUT2D eigenvalue weighted by molar-refractivity contribution is 5.88. The molecular formula is C13H10N2O5. The third-order valence-electron chi connectivity index (χ3n) is 2.58. The largest absolute Gasteiger partial charge is 0.478 e. The van der Waals surface area contributed by atoms with Gasteiger partial charge in [-0.1, -0.05) is 6.07 Å². The van der Waals surface area contributed by atoms with Gasteiger partial charge in [0, 0.05) is 12.1 Å². The molecule has 1 N–H and O–H groups in total. The van der Waals surface area contributed by atoms with Crippen molar-refractivity contribution in [2.45, 2.75) is 6.92 Å². The number of benzene rings is 1. The Hall–Kier alpha value is -2.96. The Labute approximate surface area is 113 Å². The van der Waals surface area contributed by atoms with Crippen LogP contribution >= 0.6 is 0 Å². The van der Waals surface area contributed by atoms with E-state index in [1.165, 1.54) is 24.3 Å². The molecule has 0 aliphatic rings. The maximum atomic E-state index is 10.9. The summed E-state index contributed by atoms with van der Waals surface area (Å²) in [5, 5.41) is 19.4. The SMILES string of the molecule is Cc1ccc(C(=O)O)cc1Oc1ccc([N+](=O)[O-])cn1. The quantitative estimate of drug-likeness (QED) is 0.679. The van der Waals surface area contributed by atoms with Gasteiger partial charge >= 0.3 is 5.97 Å². The molecule has 0 amide bonds. The first-order valence-corrected chi connectivity index (χ1v) is 5.59. The highest BCUT2D eigenvalue weighted by atomic mass is 16.6. The average Bonchev–Trinajstić information content (AvgIpc) is 2.41. The zero-order chi connectivity index (χ0) is 14.7. The van der Waals surface area contributed by atoms with E-state index < -0.39 is 10.9 Å². The molecule has 0 aliphatic heterocycles. The molecule has 20 heavy (non-hydrogen) atoms. The lowest BCUT2D eigenvalue weighted by molar-refractivity contribution is -0.385. The lowest BCUT2D eigenvalue weighted by Gasteiger charge is -2.08. The molecule has 0 spiro atoms. The number of hydrogen-bond donors (Lipinski definition) is 1. The van der Waals surface area contributed by atoms with Crippen LogP contribution in [0.2, 0.25) is 0 Å². The number of aromatic carboxylic acids is 1. The molecule has 0 atom stereocenters. The number of nitro groups is 1. The Morgan fingerprint density at radius 2 is 2.10 bits per heavy atom. The molecule has 2 aromatic rings. The van der Waals surface area contributed by atoms with Crippen molar-refractivity contribution in [3.05, 3.63) is 57.8 Å². The van der Waals surface area contributed by atoms with Gasteiger partial charge in [-0.15, -0.1) is 0 Å². The summed E-state index contributed by atoms with van der Waals surface area (Å²) in [5.74, 6) is -0.570. The van der Waals surface area contributed by atoms with Gasteiger partial charge in [-0.25, -0.2) is 9.78 Å². The highest BCUT2D eigenvalue weighted by Crippen LogP contribution is 2.25. The van der Waals surface area contributed by atoms with Gasteiger partial charge in [-0.3, -0.25) is 10.1 Å². The molecule has 0 unspecified atom stereocenters. The predicted molar refractivity (Wildman–Crippen MR) is 69.1 cm³/mol. The molecule has 1 heterocycles. The van der Waals surface area contributed by atoms with Crippen LogP contribution in [0.15, 0.2) is 36.5 Å². The van der Waals surface area contributed by atoms with Crippen LogP contribution in [0.1, 0.15) is 15.9 Å². The van der Waals surface area contributed by atoms with Crippen LogP contribution in [0.4, 0.5) is 5.69 Å². The van der Waals surface area contributed by atoms with Crippen molar-refractivity contribution in [3.8, 4) is 11.6 Å². The summed E-state index contributed by atoms with van der Waals surface area (Å²) in [6.45, 7) is 1.76. The molecule has 7 nitrogen and oxygen atoms in total. The second kappa shape index (κ2) is 5.35. The minimum Gasteiger partial charge on any atom is -0.478 e. The maximum absolute atomic E-state index is 10.9. The summed E-state index contributed by atoms with van der Waals surface area (Å²) in [6.07, 6.45) is 1.08. The summed E-state index contributed by atoms with van der Waals surface area (Å²) in [7, 11) is 0. The zero-order valence-corrected chi connectivity index (χ0v) is 10.4. The summed E-state index contributed by atoms with van der Waals surface area (Å²) in [6, 6.07) is 7.07. The van der Waals surface area contributed by atoms with Gasteiger partial charge in [0.15, 0.2) is 0 Å². The number of rotatable bonds is 4. The maximum Gasteiger partial charge on any atom is 0.335 e. The molecule has 102 valence electrons. The summed E-state index contributed by atoms with van der Waals surface area (Å²) >= 11 is 0. The number of aromatic nitrogens is 1. The number of hydrogen-bond acceptors (Lipinski definition) is 5. The third kappa shape index (κ3) is 2.89. The fraction of sp³-hybridized carbons (Fsp3) is 0.0769. The number of carboxylic acids is 1. The average molecular weight is 274 g/mol. The molecule has 0 bridgehead atoms. The second-order valence-electron chi connectivity index (χ2n) is 4.00. The number of nitrogens with zero attached hydrogens (tertiary/aromatic N) is 2. The number of aryl methyl sites for hydroxylation is 1. The van der Waals surface area contributed by atoms with Crippen LogP contribution in [0.5, 0.6) is 11.6 Å². The number of ether oxygens (including phenoxy) is 1. The smallest absolute Gasteiger partial charge is 0.335 e. The van der Waals surface area contributed by atoms with Crippen molar-refractivity contribution < 1.29 is 19.6 Å². The lowest BCUT2D eigenvalue weighted by Crippen LogP contribution is -1.98. The summed E-state index contributed by atoms with van der Waals surface area (Å²) in [5.41, 5.74) is 0.677. The third-order valence-corrected chi connectivity index (χ3v) is 2.58. The molecule has 1 aromatic heterocycles. The highest BCUT2D eigenvalue weighted by Gasteiger charge is 2.10. The van der Waals surface area contributed by atoms with Crippen LogP contribution in [-0.4, -0.2) is 21.0 Å². The van der Waals surface area contributed by atoms with E-state index in [1.807, 2.05) is 0 Å². The first kappa shape index (κ1) is 13.5. The zero-order valence-electron chi connectivity index (χ0n) is 10.4. The summed E-state index contributed by atoms with van der Waals surface area (Å²) < 4.78 is 5.44. The van der Waals surface area contributed by atoms with E-state index in [4.69, 9.17) is 9.84 Å². The molecular weight excluding hydrogens is 264 g/mol. The number of carbonyl (C=O) groups is 1. The lowest BCUT2D eigenvalue weighted by atomic mass is 10.1. The number of pyridine rings is 1. The van der Waals surface area contributed by atoms with E-state index in [9.17, 15) is 14.9 Å². The van der Waals surface area contributed by atoms with Crippen LogP contribution in [0, 0.1) is 17.0 Å². The van der Waals surface area contributed by atoms with Crippen molar-refractivity contribution in [2.75, 3.05) is 0 Å². The van der Waals surface area contributed by atoms with Gasteiger partial charge in [-0.05, 0) is 24.6 Å². The molecule has 0 radical (unpaired) electrons. The first-order valence-electron chi connectivity index (χ1n) is 5.59. The van der Waals surface area contributed by atoms with Crippen molar-refractivity contribution >= 4 is 11.7 Å². The molecule has 0 saturated carbocycles. The first-order chi connectivity index (χ1) is 9.47. The van der Waals surface area contributed by atoms with Crippen LogP contribution in [-0.2, 0) is 0 Å². The Bertz CT molecular complexity index is 667. The molecule has 0 saturated heterocycles. The Kier molecular flexibility index (Phi) is 3.60. The minimum atomic E-state index is -1.06. The molecule has 0 aliphatic carbocycles. The molecule has 1 aromatic carbocycles. The van der Waals surface area contributed by atoms with Crippen molar-refractivity contribution in [3.63, 3.8) is 0 Å². The molecule has 0 fully saturated rings. The van der Waals surface area contributed by atoms with Gasteiger partial charge in [-0.2, -0.15) is 0 Å². The Morgan fingerprint density at radius 3 is 2.65 bits per heavy atom. The van der Waals surface area contributed by atoms with Crippen LogP contribution in [0.25, 0.3) is 0 Å². The van der Waals surface area contributed by atoms with E-state index in [0.29, 0.717) is 5.75 Å². The monoisotopic (exact) mass is 274 g/mol. The van der Waals surface area contributed by atoms with Gasteiger partial charge < -0.3 is 9.84 Å². The van der Waals surface area contributed by atoms with Gasteiger partial charge in [0.25, 0.3) is 5.69 Å². The van der Waals surface area contributed by atoms with E-state index in [-0.39, 0.29) is 17.1 Å². The molecule has 2 rings (SSSR count). The van der Waals surface area contributed by atoms with Crippen LogP contribution in [0.3, 0.4) is 0 Å². The van der Waals surface area contributed by atoms with E-state index >= 15 is 0 Å². The predicted octanol–water partition coefficient (Wildman–Crippen LogP) is 2.79. The van der Waals surface area contributed by atoms with Gasteiger partial charge in [0.2, 0.25) is 5.88 Å². The topological polar surface area (TPSA) is 103 Å². The molecule has 7 heteroatoms. The number of carboxylic acid groups (broad SMARTS) is 1. The van der Waals surface area contributed by atoms with Gasteiger partial charge in [0.05, 0.1) is 10.5 Å². The second-order valence-corrected chi connectivity index (χ2v) is 4.00. The van der Waals surface area contributed by atoms with Crippen LogP contribution < -0.4 is 4.74 Å². The van der Waals surface area contributed by atoms with Crippen molar-refractivity contribution in [2.24, 2.45) is 0 Å².